The number of rotatable bonds is 5. The summed E-state index contributed by atoms with van der Waals surface area (Å²) in [6.07, 6.45) is -0.681. The Labute approximate surface area is 159 Å². The van der Waals surface area contributed by atoms with Crippen LogP contribution in [0.25, 0.3) is 0 Å². The highest BCUT2D eigenvalue weighted by molar-refractivity contribution is 6.04. The Bertz CT molecular complexity index is 786. The molecule has 1 aliphatic rings. The molecule has 1 fully saturated rings. The number of hydrogen-bond donors (Lipinski definition) is 1. The summed E-state index contributed by atoms with van der Waals surface area (Å²) in [5.41, 5.74) is 1.01. The summed E-state index contributed by atoms with van der Waals surface area (Å²) in [6, 6.07) is 16.3. The number of anilines is 1. The molecule has 0 aliphatic carbocycles. The van der Waals surface area contributed by atoms with Gasteiger partial charge in [0.15, 0.2) is 6.10 Å². The quantitative estimate of drug-likeness (QED) is 0.882. The monoisotopic (exact) mass is 367 g/mol. The number of nitrogens with zero attached hydrogens (tertiary/aromatic N) is 2. The fourth-order valence-corrected chi connectivity index (χ4v) is 2.95. The van der Waals surface area contributed by atoms with Crippen molar-refractivity contribution in [3.63, 3.8) is 0 Å². The third-order valence-corrected chi connectivity index (χ3v) is 4.63. The zero-order chi connectivity index (χ0) is 19.2. The molecule has 1 saturated heterocycles. The first-order chi connectivity index (χ1) is 13.0. The predicted molar refractivity (Wildman–Crippen MR) is 105 cm³/mol. The topological polar surface area (TPSA) is 61.9 Å². The van der Waals surface area contributed by atoms with E-state index in [4.69, 9.17) is 4.74 Å². The molecule has 2 aromatic carbocycles. The molecule has 1 heterocycles. The highest BCUT2D eigenvalue weighted by atomic mass is 16.5. The minimum absolute atomic E-state index is 0.0596. The number of ether oxygens (including phenoxy) is 1. The zero-order valence-corrected chi connectivity index (χ0v) is 15.7. The summed E-state index contributed by atoms with van der Waals surface area (Å²) < 4.78 is 5.66. The number of hydrogen-bond acceptors (Lipinski definition) is 4. The van der Waals surface area contributed by atoms with E-state index in [2.05, 4.69) is 10.2 Å². The average molecular weight is 367 g/mol. The lowest BCUT2D eigenvalue weighted by Gasteiger charge is -2.32. The highest BCUT2D eigenvalue weighted by Crippen LogP contribution is 2.19. The number of likely N-dealkylation sites (N-methyl/N-ethyl adjacent to an activating group) is 1. The second kappa shape index (κ2) is 8.68. The first kappa shape index (κ1) is 18.9. The number of amides is 2. The fraction of sp³-hybridized carbons (Fsp3) is 0.333. The second-order valence-electron chi connectivity index (χ2n) is 6.70. The molecule has 1 aliphatic heterocycles. The number of para-hydroxylation sites is 2. The van der Waals surface area contributed by atoms with Gasteiger partial charge in [0.25, 0.3) is 11.8 Å². The molecule has 1 atom stereocenters. The van der Waals surface area contributed by atoms with Crippen LogP contribution in [-0.2, 0) is 4.79 Å². The van der Waals surface area contributed by atoms with Crippen LogP contribution in [0.4, 0.5) is 5.69 Å². The maximum atomic E-state index is 12.9. The Morgan fingerprint density at radius 1 is 0.963 bits per heavy atom. The van der Waals surface area contributed by atoms with Gasteiger partial charge in [0.05, 0.1) is 11.3 Å². The number of benzene rings is 2. The molecule has 6 nitrogen and oxygen atoms in total. The predicted octanol–water partition coefficient (Wildman–Crippen LogP) is 2.48. The van der Waals surface area contributed by atoms with Crippen molar-refractivity contribution >= 4 is 17.5 Å². The smallest absolute Gasteiger partial charge is 0.265 e. The fourth-order valence-electron chi connectivity index (χ4n) is 2.95. The Morgan fingerprint density at radius 3 is 2.30 bits per heavy atom. The summed E-state index contributed by atoms with van der Waals surface area (Å²) in [5.74, 6) is 0.273. The van der Waals surface area contributed by atoms with Gasteiger partial charge < -0.3 is 19.9 Å². The normalized spacial score (nSPS) is 15.9. The minimum Gasteiger partial charge on any atom is -0.481 e. The molecule has 0 unspecified atom stereocenters. The van der Waals surface area contributed by atoms with Crippen molar-refractivity contribution in [2.45, 2.75) is 13.0 Å². The SMILES string of the molecule is C[C@@H](Oc1ccccc1)C(=O)Nc1ccccc1C(=O)N1CCN(C)CC1. The largest absolute Gasteiger partial charge is 0.481 e. The third kappa shape index (κ3) is 4.86. The van der Waals surface area contributed by atoms with Crippen LogP contribution in [0.3, 0.4) is 0 Å². The Hall–Kier alpha value is -2.86. The lowest BCUT2D eigenvalue weighted by molar-refractivity contribution is -0.122. The molecule has 2 aromatic rings. The molecule has 0 radical (unpaired) electrons. The maximum Gasteiger partial charge on any atom is 0.265 e. The van der Waals surface area contributed by atoms with E-state index in [9.17, 15) is 9.59 Å². The van der Waals surface area contributed by atoms with E-state index in [1.54, 1.807) is 37.3 Å². The van der Waals surface area contributed by atoms with Crippen molar-refractivity contribution in [2.75, 3.05) is 38.5 Å². The first-order valence-corrected chi connectivity index (χ1v) is 9.14. The summed E-state index contributed by atoms with van der Waals surface area (Å²) in [4.78, 5) is 29.5. The molecule has 6 heteroatoms. The van der Waals surface area contributed by atoms with Crippen molar-refractivity contribution < 1.29 is 14.3 Å². The second-order valence-corrected chi connectivity index (χ2v) is 6.70. The van der Waals surface area contributed by atoms with E-state index in [-0.39, 0.29) is 11.8 Å². The lowest BCUT2D eigenvalue weighted by Crippen LogP contribution is -2.47. The number of carbonyl (C=O) groups is 2. The van der Waals surface area contributed by atoms with Gasteiger partial charge in [0, 0.05) is 26.2 Å². The van der Waals surface area contributed by atoms with Crippen LogP contribution in [0.5, 0.6) is 5.75 Å². The van der Waals surface area contributed by atoms with E-state index in [0.717, 1.165) is 13.1 Å². The number of nitrogens with one attached hydrogen (secondary N) is 1. The van der Waals surface area contributed by atoms with Crippen LogP contribution in [-0.4, -0.2) is 60.9 Å². The molecule has 2 amide bonds. The van der Waals surface area contributed by atoms with E-state index < -0.39 is 6.10 Å². The molecular weight excluding hydrogens is 342 g/mol. The van der Waals surface area contributed by atoms with Crippen LogP contribution >= 0.6 is 0 Å². The Morgan fingerprint density at radius 2 is 1.59 bits per heavy atom. The van der Waals surface area contributed by atoms with Crippen molar-refractivity contribution in [1.29, 1.82) is 0 Å². The van der Waals surface area contributed by atoms with E-state index in [1.165, 1.54) is 0 Å². The van der Waals surface area contributed by atoms with E-state index in [0.29, 0.717) is 30.1 Å². The van der Waals surface area contributed by atoms with Crippen molar-refractivity contribution in [3.8, 4) is 5.75 Å². The van der Waals surface area contributed by atoms with Gasteiger partial charge in [-0.1, -0.05) is 30.3 Å². The minimum atomic E-state index is -0.681. The molecule has 1 N–H and O–H groups in total. The summed E-state index contributed by atoms with van der Waals surface area (Å²) in [6.45, 7) is 4.76. The van der Waals surface area contributed by atoms with Gasteiger partial charge in [0.2, 0.25) is 0 Å². The van der Waals surface area contributed by atoms with Gasteiger partial charge in [0.1, 0.15) is 5.75 Å². The molecule has 0 aromatic heterocycles. The van der Waals surface area contributed by atoms with Crippen LogP contribution in [0.2, 0.25) is 0 Å². The molecule has 0 saturated carbocycles. The summed E-state index contributed by atoms with van der Waals surface area (Å²) in [7, 11) is 2.05. The lowest BCUT2D eigenvalue weighted by atomic mass is 10.1. The third-order valence-electron chi connectivity index (χ3n) is 4.63. The number of carbonyl (C=O) groups excluding carboxylic acids is 2. The molecule has 3 rings (SSSR count). The number of piperazine rings is 1. The van der Waals surface area contributed by atoms with Crippen LogP contribution in [0.1, 0.15) is 17.3 Å². The maximum absolute atomic E-state index is 12.9. The van der Waals surface area contributed by atoms with Crippen LogP contribution < -0.4 is 10.1 Å². The molecule has 27 heavy (non-hydrogen) atoms. The van der Waals surface area contributed by atoms with Crippen molar-refractivity contribution in [3.05, 3.63) is 60.2 Å². The summed E-state index contributed by atoms with van der Waals surface area (Å²) in [5, 5.41) is 2.84. The molecule has 142 valence electrons. The van der Waals surface area contributed by atoms with Gasteiger partial charge in [-0.15, -0.1) is 0 Å². The summed E-state index contributed by atoms with van der Waals surface area (Å²) >= 11 is 0. The van der Waals surface area contributed by atoms with Crippen LogP contribution in [0, 0.1) is 0 Å². The van der Waals surface area contributed by atoms with Crippen molar-refractivity contribution in [2.24, 2.45) is 0 Å². The standard InChI is InChI=1S/C21H25N3O3/c1-16(27-17-8-4-3-5-9-17)20(25)22-19-11-7-6-10-18(19)21(26)24-14-12-23(2)13-15-24/h3-11,16H,12-15H2,1-2H3,(H,22,25)/t16-/m1/s1. The van der Waals surface area contributed by atoms with Gasteiger partial charge >= 0.3 is 0 Å². The molecule has 0 bridgehead atoms. The average Bonchev–Trinajstić information content (AvgIpc) is 2.69. The highest BCUT2D eigenvalue weighted by Gasteiger charge is 2.24. The van der Waals surface area contributed by atoms with E-state index in [1.807, 2.05) is 36.2 Å². The first-order valence-electron chi connectivity index (χ1n) is 9.14. The van der Waals surface area contributed by atoms with Gasteiger partial charge in [-0.3, -0.25) is 9.59 Å². The Kier molecular flexibility index (Phi) is 6.08. The zero-order valence-electron chi connectivity index (χ0n) is 15.7. The molecule has 0 spiro atoms. The van der Waals surface area contributed by atoms with Gasteiger partial charge in [-0.05, 0) is 38.2 Å². The molecular formula is C21H25N3O3. The van der Waals surface area contributed by atoms with Gasteiger partial charge in [-0.25, -0.2) is 0 Å². The van der Waals surface area contributed by atoms with Crippen molar-refractivity contribution in [1.82, 2.24) is 9.80 Å². The van der Waals surface area contributed by atoms with Gasteiger partial charge in [-0.2, -0.15) is 0 Å². The Balaban J connectivity index is 1.68. The van der Waals surface area contributed by atoms with Crippen LogP contribution in [0.15, 0.2) is 54.6 Å². The van der Waals surface area contributed by atoms with E-state index >= 15 is 0 Å².